The minimum Gasteiger partial charge on any atom is -0.337 e. The average molecular weight is 343 g/mol. The Morgan fingerprint density at radius 1 is 1.57 bits per heavy atom. The van der Waals surface area contributed by atoms with Gasteiger partial charge in [0.05, 0.1) is 22.8 Å². The fraction of sp³-hybridized carbons (Fsp3) is 0.333. The Kier molecular flexibility index (Phi) is 4.01. The molecule has 0 bridgehead atoms. The summed E-state index contributed by atoms with van der Waals surface area (Å²) in [5.41, 5.74) is 0. The molecular formula is C12H11ClN4O2S2. The standard InChI is InChI=1S/C12H11ClN4O2S2/c1-6-10(13)9-11(14-4-15-12(9)21-6)20-3-8(19)17-2-7(18)16-5-17/h4H,2-3,5H2,1H3,(H,16,18). The van der Waals surface area contributed by atoms with Crippen molar-refractivity contribution in [1.29, 1.82) is 0 Å². The topological polar surface area (TPSA) is 75.2 Å². The Hall–Kier alpha value is -1.38. The normalized spacial score (nSPS) is 14.8. The van der Waals surface area contributed by atoms with E-state index < -0.39 is 0 Å². The Morgan fingerprint density at radius 3 is 3.10 bits per heavy atom. The molecule has 0 aromatic carbocycles. The summed E-state index contributed by atoms with van der Waals surface area (Å²) in [6.07, 6.45) is 1.47. The summed E-state index contributed by atoms with van der Waals surface area (Å²) >= 11 is 9.10. The molecule has 0 atom stereocenters. The fourth-order valence-corrected chi connectivity index (χ4v) is 4.22. The molecule has 0 saturated carbocycles. The number of nitrogens with zero attached hydrogens (tertiary/aromatic N) is 3. The summed E-state index contributed by atoms with van der Waals surface area (Å²) in [6.45, 7) is 2.32. The summed E-state index contributed by atoms with van der Waals surface area (Å²) in [5, 5.41) is 4.74. The van der Waals surface area contributed by atoms with Crippen LogP contribution in [-0.2, 0) is 9.59 Å². The number of hydrogen-bond acceptors (Lipinski definition) is 6. The molecule has 1 N–H and O–H groups in total. The van der Waals surface area contributed by atoms with Gasteiger partial charge in [0, 0.05) is 4.88 Å². The quantitative estimate of drug-likeness (QED) is 0.678. The van der Waals surface area contributed by atoms with Gasteiger partial charge in [-0.05, 0) is 6.92 Å². The van der Waals surface area contributed by atoms with E-state index in [1.165, 1.54) is 34.3 Å². The van der Waals surface area contributed by atoms with Crippen molar-refractivity contribution in [3.8, 4) is 0 Å². The molecule has 0 radical (unpaired) electrons. The smallest absolute Gasteiger partial charge is 0.241 e. The number of nitrogens with one attached hydrogen (secondary N) is 1. The van der Waals surface area contributed by atoms with Gasteiger partial charge in [0.1, 0.15) is 22.7 Å². The summed E-state index contributed by atoms with van der Waals surface area (Å²) in [4.78, 5) is 34.8. The number of fused-ring (bicyclic) bond motifs is 1. The van der Waals surface area contributed by atoms with Crippen LogP contribution in [0, 0.1) is 6.92 Å². The second kappa shape index (κ2) is 5.78. The van der Waals surface area contributed by atoms with Gasteiger partial charge >= 0.3 is 0 Å². The molecular weight excluding hydrogens is 332 g/mol. The lowest BCUT2D eigenvalue weighted by Crippen LogP contribution is -2.31. The van der Waals surface area contributed by atoms with E-state index in [0.29, 0.717) is 10.0 Å². The highest BCUT2D eigenvalue weighted by Crippen LogP contribution is 2.38. The maximum atomic E-state index is 12.0. The highest BCUT2D eigenvalue weighted by Gasteiger charge is 2.24. The van der Waals surface area contributed by atoms with E-state index in [2.05, 4.69) is 15.3 Å². The Morgan fingerprint density at radius 2 is 2.38 bits per heavy atom. The third kappa shape index (κ3) is 2.83. The second-order valence-electron chi connectivity index (χ2n) is 4.47. The number of thioether (sulfide) groups is 1. The first-order valence-corrected chi connectivity index (χ1v) is 8.31. The van der Waals surface area contributed by atoms with Gasteiger partial charge in [-0.3, -0.25) is 9.59 Å². The average Bonchev–Trinajstić information content (AvgIpc) is 3.01. The summed E-state index contributed by atoms with van der Waals surface area (Å²) in [6, 6.07) is 0. The van der Waals surface area contributed by atoms with Gasteiger partial charge in [-0.1, -0.05) is 23.4 Å². The maximum absolute atomic E-state index is 12.0. The number of hydrogen-bond donors (Lipinski definition) is 1. The molecule has 0 spiro atoms. The lowest BCUT2D eigenvalue weighted by atomic mass is 10.4. The first-order valence-electron chi connectivity index (χ1n) is 6.13. The van der Waals surface area contributed by atoms with Gasteiger partial charge in [-0.2, -0.15) is 0 Å². The van der Waals surface area contributed by atoms with Crippen LogP contribution < -0.4 is 5.32 Å². The molecule has 2 aromatic heterocycles. The molecule has 0 aliphatic carbocycles. The number of carbonyl (C=O) groups excluding carboxylic acids is 2. The van der Waals surface area contributed by atoms with Crippen molar-refractivity contribution in [2.75, 3.05) is 19.0 Å². The zero-order chi connectivity index (χ0) is 15.0. The molecule has 21 heavy (non-hydrogen) atoms. The molecule has 1 fully saturated rings. The largest absolute Gasteiger partial charge is 0.337 e. The van der Waals surface area contributed by atoms with Crippen LogP contribution in [-0.4, -0.2) is 45.6 Å². The van der Waals surface area contributed by atoms with E-state index >= 15 is 0 Å². The summed E-state index contributed by atoms with van der Waals surface area (Å²) in [5.74, 6) is -0.0192. The second-order valence-corrected chi connectivity index (χ2v) is 7.01. The van der Waals surface area contributed by atoms with Crippen molar-refractivity contribution in [3.63, 3.8) is 0 Å². The molecule has 0 unspecified atom stereocenters. The van der Waals surface area contributed by atoms with Crippen molar-refractivity contribution < 1.29 is 9.59 Å². The van der Waals surface area contributed by atoms with Crippen LogP contribution in [0.25, 0.3) is 10.2 Å². The maximum Gasteiger partial charge on any atom is 0.241 e. The number of amides is 2. The zero-order valence-corrected chi connectivity index (χ0v) is 13.4. The van der Waals surface area contributed by atoms with E-state index in [0.717, 1.165) is 15.1 Å². The molecule has 3 heterocycles. The molecule has 2 amide bonds. The molecule has 1 saturated heterocycles. The number of aromatic nitrogens is 2. The van der Waals surface area contributed by atoms with Gasteiger partial charge in [0.15, 0.2) is 0 Å². The fourth-order valence-electron chi connectivity index (χ4n) is 1.96. The predicted octanol–water partition coefficient (Wildman–Crippen LogP) is 1.66. The highest BCUT2D eigenvalue weighted by atomic mass is 35.5. The van der Waals surface area contributed by atoms with Crippen molar-refractivity contribution in [2.45, 2.75) is 11.9 Å². The van der Waals surface area contributed by atoms with E-state index in [9.17, 15) is 9.59 Å². The number of rotatable bonds is 3. The van der Waals surface area contributed by atoms with E-state index in [1.54, 1.807) is 0 Å². The molecule has 9 heteroatoms. The van der Waals surface area contributed by atoms with Crippen LogP contribution in [0.2, 0.25) is 5.02 Å². The van der Waals surface area contributed by atoms with Crippen LogP contribution >= 0.6 is 34.7 Å². The number of thiophene rings is 1. The van der Waals surface area contributed by atoms with Gasteiger partial charge in [0.2, 0.25) is 11.8 Å². The molecule has 2 aromatic rings. The third-order valence-electron chi connectivity index (χ3n) is 3.04. The van der Waals surface area contributed by atoms with E-state index in [1.807, 2.05) is 6.92 Å². The van der Waals surface area contributed by atoms with Crippen molar-refractivity contribution >= 4 is 56.7 Å². The van der Waals surface area contributed by atoms with Gasteiger partial charge < -0.3 is 10.2 Å². The SMILES string of the molecule is Cc1sc2ncnc(SCC(=O)N3CNC(=O)C3)c2c1Cl. The molecule has 3 rings (SSSR count). The minimum atomic E-state index is -0.130. The first kappa shape index (κ1) is 14.6. The lowest BCUT2D eigenvalue weighted by molar-refractivity contribution is -0.129. The van der Waals surface area contributed by atoms with Crippen molar-refractivity contribution in [1.82, 2.24) is 20.2 Å². The molecule has 110 valence electrons. The lowest BCUT2D eigenvalue weighted by Gasteiger charge is -2.12. The number of aryl methyl sites for hydroxylation is 1. The van der Waals surface area contributed by atoms with Gasteiger partial charge in [-0.15, -0.1) is 11.3 Å². The van der Waals surface area contributed by atoms with Crippen LogP contribution in [0.15, 0.2) is 11.4 Å². The molecule has 6 nitrogen and oxygen atoms in total. The summed E-state index contributed by atoms with van der Waals surface area (Å²) in [7, 11) is 0. The third-order valence-corrected chi connectivity index (χ3v) is 5.61. The Balaban J connectivity index is 1.76. The Bertz CT molecular complexity index is 733. The predicted molar refractivity (Wildman–Crippen MR) is 82.6 cm³/mol. The van der Waals surface area contributed by atoms with Crippen LogP contribution in [0.1, 0.15) is 4.88 Å². The molecule has 1 aliphatic heterocycles. The van der Waals surface area contributed by atoms with Crippen LogP contribution in [0.5, 0.6) is 0 Å². The summed E-state index contributed by atoms with van der Waals surface area (Å²) < 4.78 is 0. The number of carbonyl (C=O) groups is 2. The highest BCUT2D eigenvalue weighted by molar-refractivity contribution is 8.00. The molecule has 1 aliphatic rings. The monoisotopic (exact) mass is 342 g/mol. The van der Waals surface area contributed by atoms with Crippen LogP contribution in [0.4, 0.5) is 0 Å². The van der Waals surface area contributed by atoms with Crippen molar-refractivity contribution in [2.24, 2.45) is 0 Å². The van der Waals surface area contributed by atoms with E-state index in [-0.39, 0.29) is 30.8 Å². The van der Waals surface area contributed by atoms with Gasteiger partial charge in [-0.25, -0.2) is 9.97 Å². The Labute approximate surface area is 133 Å². The van der Waals surface area contributed by atoms with Gasteiger partial charge in [0.25, 0.3) is 0 Å². The minimum absolute atomic E-state index is 0.104. The number of halogens is 1. The zero-order valence-electron chi connectivity index (χ0n) is 11.1. The van der Waals surface area contributed by atoms with Crippen molar-refractivity contribution in [3.05, 3.63) is 16.2 Å². The van der Waals surface area contributed by atoms with Crippen LogP contribution in [0.3, 0.4) is 0 Å². The van der Waals surface area contributed by atoms with E-state index in [4.69, 9.17) is 11.6 Å². The first-order chi connectivity index (χ1) is 10.1.